The first-order chi connectivity index (χ1) is 16.1. The number of para-hydroxylation sites is 1. The fraction of sp³-hybridized carbons (Fsp3) is 0.296. The van der Waals surface area contributed by atoms with E-state index in [9.17, 15) is 9.18 Å². The van der Waals surface area contributed by atoms with E-state index in [1.54, 1.807) is 23.9 Å². The molecule has 0 bridgehead atoms. The van der Waals surface area contributed by atoms with E-state index in [0.29, 0.717) is 5.56 Å². The maximum absolute atomic E-state index is 13.2. The molecule has 2 N–H and O–H groups in total. The Kier molecular flexibility index (Phi) is 9.62. The molecule has 186 valence electrons. The van der Waals surface area contributed by atoms with Crippen LogP contribution in [0.1, 0.15) is 29.6 Å². The molecule has 0 unspecified atom stereocenters. The summed E-state index contributed by atoms with van der Waals surface area (Å²) >= 11 is 8.12. The van der Waals surface area contributed by atoms with Crippen LogP contribution in [0.25, 0.3) is 0 Å². The van der Waals surface area contributed by atoms with Crippen LogP contribution in [0.4, 0.5) is 15.8 Å². The summed E-state index contributed by atoms with van der Waals surface area (Å²) in [5.74, 6) is -0.126. The Hall–Kier alpha value is -2.09. The van der Waals surface area contributed by atoms with E-state index in [0.717, 1.165) is 50.5 Å². The number of hydrogen-bond acceptors (Lipinski definition) is 4. The van der Waals surface area contributed by atoms with Gasteiger partial charge in [0.2, 0.25) is 0 Å². The Morgan fingerprint density at radius 2 is 1.63 bits per heavy atom. The van der Waals surface area contributed by atoms with Crippen LogP contribution in [0, 0.1) is 11.7 Å². The molecule has 0 spiro atoms. The van der Waals surface area contributed by atoms with Gasteiger partial charge in [-0.2, -0.15) is 0 Å². The van der Waals surface area contributed by atoms with Gasteiger partial charge in [-0.3, -0.25) is 4.79 Å². The van der Waals surface area contributed by atoms with E-state index in [1.165, 1.54) is 33.3 Å². The molecule has 2 heterocycles. The molecule has 0 amide bonds. The van der Waals surface area contributed by atoms with Gasteiger partial charge in [-0.1, -0.05) is 35.5 Å². The molecule has 3 aromatic carbocycles. The summed E-state index contributed by atoms with van der Waals surface area (Å²) in [7, 11) is 0. The number of nitrogens with zero attached hydrogens (tertiary/aromatic N) is 2. The second-order valence-corrected chi connectivity index (χ2v) is 10.2. The van der Waals surface area contributed by atoms with Gasteiger partial charge in [0.25, 0.3) is 0 Å². The highest BCUT2D eigenvalue weighted by molar-refractivity contribution is 7.99. The molecule has 1 saturated heterocycles. The zero-order valence-electron chi connectivity index (χ0n) is 19.3. The number of Topliss-reactive ketones (excluding diaryl/α,β-unsaturated/α-hetero) is 1. The van der Waals surface area contributed by atoms with Crippen LogP contribution in [0.3, 0.4) is 0 Å². The van der Waals surface area contributed by atoms with Crippen molar-refractivity contribution >= 4 is 52.9 Å². The molecule has 8 heteroatoms. The normalized spacial score (nSPS) is 15.4. The predicted octanol–water partition coefficient (Wildman–Crippen LogP) is 6.66. The number of anilines is 2. The third-order valence-electron chi connectivity index (χ3n) is 6.53. The van der Waals surface area contributed by atoms with Crippen LogP contribution in [-0.2, 0) is 0 Å². The number of benzene rings is 3. The van der Waals surface area contributed by atoms with Crippen molar-refractivity contribution in [1.29, 1.82) is 0 Å². The summed E-state index contributed by atoms with van der Waals surface area (Å²) in [5.41, 5.74) is 3.03. The predicted molar refractivity (Wildman–Crippen MR) is 144 cm³/mol. The summed E-state index contributed by atoms with van der Waals surface area (Å²) in [4.78, 5) is 20.1. The van der Waals surface area contributed by atoms with Crippen LogP contribution in [0.15, 0.2) is 76.5 Å². The van der Waals surface area contributed by atoms with E-state index in [1.807, 2.05) is 6.07 Å². The van der Waals surface area contributed by atoms with Gasteiger partial charge in [0, 0.05) is 32.8 Å². The number of piperidine rings is 1. The molecule has 0 atom stereocenters. The summed E-state index contributed by atoms with van der Waals surface area (Å²) in [6.07, 6.45) is 2.75. The van der Waals surface area contributed by atoms with Crippen LogP contribution >= 0.6 is 35.8 Å². The molecule has 0 saturated carbocycles. The highest BCUT2D eigenvalue weighted by atomic mass is 35.5. The number of rotatable bonds is 6. The van der Waals surface area contributed by atoms with E-state index >= 15 is 0 Å². The fourth-order valence-corrected chi connectivity index (χ4v) is 6.01. The number of halogens is 3. The van der Waals surface area contributed by atoms with Crippen LogP contribution in [0.5, 0.6) is 0 Å². The first-order valence-corrected chi connectivity index (χ1v) is 12.6. The van der Waals surface area contributed by atoms with Crippen molar-refractivity contribution in [2.45, 2.75) is 29.1 Å². The van der Waals surface area contributed by atoms with Gasteiger partial charge in [0.05, 0.1) is 11.4 Å². The van der Waals surface area contributed by atoms with E-state index in [2.05, 4.69) is 46.2 Å². The highest BCUT2D eigenvalue weighted by Crippen LogP contribution is 2.48. The zero-order chi connectivity index (χ0) is 22.8. The second-order valence-electron chi connectivity index (χ2n) is 8.67. The average molecular weight is 536 g/mol. The maximum atomic E-state index is 13.2. The molecule has 4 nitrogen and oxygen atoms in total. The Morgan fingerprint density at radius 1 is 0.943 bits per heavy atom. The van der Waals surface area contributed by atoms with Gasteiger partial charge in [0.1, 0.15) is 5.82 Å². The van der Waals surface area contributed by atoms with Gasteiger partial charge in [0.15, 0.2) is 5.78 Å². The Balaban J connectivity index is 0.00000171. The minimum atomic E-state index is -0.304. The fourth-order valence-electron chi connectivity index (χ4n) is 4.76. The number of carbonyl (C=O) groups is 1. The van der Waals surface area contributed by atoms with Gasteiger partial charge in [-0.15, -0.1) is 12.4 Å². The largest absolute Gasteiger partial charge is 0.412 e. The molecule has 1 fully saturated rings. The maximum Gasteiger partial charge on any atom is 0.166 e. The monoisotopic (exact) mass is 534 g/mol. The molecule has 0 radical (unpaired) electrons. The van der Waals surface area contributed by atoms with Crippen molar-refractivity contribution in [2.24, 2.45) is 5.92 Å². The quantitative estimate of drug-likeness (QED) is 0.331. The SMILES string of the molecule is Cl.O.O=C(c1ccc(F)cc1)C1CCN(CCCN2c3ccccc3Sc3ccc(Cl)cc32)CC1. The average Bonchev–Trinajstić information content (AvgIpc) is 2.84. The molecule has 0 aromatic heterocycles. The lowest BCUT2D eigenvalue weighted by Crippen LogP contribution is -2.38. The summed E-state index contributed by atoms with van der Waals surface area (Å²) in [6, 6.07) is 20.6. The lowest BCUT2D eigenvalue weighted by molar-refractivity contribution is 0.0840. The second kappa shape index (κ2) is 12.2. The summed E-state index contributed by atoms with van der Waals surface area (Å²) in [6.45, 7) is 3.76. The van der Waals surface area contributed by atoms with Gasteiger partial charge < -0.3 is 15.3 Å². The number of ketones is 1. The third-order valence-corrected chi connectivity index (χ3v) is 7.90. The van der Waals surface area contributed by atoms with Gasteiger partial charge >= 0.3 is 0 Å². The highest BCUT2D eigenvalue weighted by Gasteiger charge is 2.27. The van der Waals surface area contributed by atoms with Crippen molar-refractivity contribution in [3.05, 3.63) is 83.1 Å². The Labute approximate surface area is 221 Å². The smallest absolute Gasteiger partial charge is 0.166 e. The molecular weight excluding hydrogens is 506 g/mol. The molecule has 5 rings (SSSR count). The number of fused-ring (bicyclic) bond motifs is 2. The number of hydrogen-bond donors (Lipinski definition) is 0. The van der Waals surface area contributed by atoms with Crippen LogP contribution in [0.2, 0.25) is 5.02 Å². The molecule has 2 aliphatic rings. The number of likely N-dealkylation sites (tertiary alicyclic amines) is 1. The van der Waals surface area contributed by atoms with E-state index in [4.69, 9.17) is 11.6 Å². The standard InChI is InChI=1S/C27H26ClFN2OS.ClH.H2O/c28-21-8-11-26-24(18-21)31(23-4-1-2-5-25(23)33-26)15-3-14-30-16-12-20(13-17-30)27(32)19-6-9-22(29)10-7-19;;/h1-2,4-11,18,20H,3,12-17H2;1H;1H2. The molecule has 3 aromatic rings. The lowest BCUT2D eigenvalue weighted by atomic mass is 9.89. The van der Waals surface area contributed by atoms with Crippen molar-refractivity contribution in [3.63, 3.8) is 0 Å². The van der Waals surface area contributed by atoms with Crippen molar-refractivity contribution in [2.75, 3.05) is 31.1 Å². The minimum absolute atomic E-state index is 0. The molecular formula is C27H29Cl2FN2O2S. The lowest BCUT2D eigenvalue weighted by Gasteiger charge is -2.35. The number of carbonyl (C=O) groups excluding carboxylic acids is 1. The summed E-state index contributed by atoms with van der Waals surface area (Å²) < 4.78 is 13.2. The first kappa shape index (κ1) is 27.5. The van der Waals surface area contributed by atoms with Gasteiger partial charge in [-0.05, 0) is 93.5 Å². The van der Waals surface area contributed by atoms with Gasteiger partial charge in [-0.25, -0.2) is 4.39 Å². The van der Waals surface area contributed by atoms with E-state index < -0.39 is 0 Å². The van der Waals surface area contributed by atoms with Crippen molar-refractivity contribution < 1.29 is 14.7 Å². The van der Waals surface area contributed by atoms with Crippen molar-refractivity contribution in [3.8, 4) is 0 Å². The summed E-state index contributed by atoms with van der Waals surface area (Å²) in [5, 5.41) is 0.756. The van der Waals surface area contributed by atoms with Crippen molar-refractivity contribution in [1.82, 2.24) is 4.90 Å². The van der Waals surface area contributed by atoms with E-state index in [-0.39, 0.29) is 35.4 Å². The topological polar surface area (TPSA) is 55.1 Å². The Bertz CT molecular complexity index is 1150. The van der Waals surface area contributed by atoms with Crippen LogP contribution in [-0.4, -0.2) is 42.3 Å². The minimum Gasteiger partial charge on any atom is -0.412 e. The molecule has 2 aliphatic heterocycles. The first-order valence-electron chi connectivity index (χ1n) is 11.4. The Morgan fingerprint density at radius 3 is 2.37 bits per heavy atom. The van der Waals surface area contributed by atoms with Crippen LogP contribution < -0.4 is 4.90 Å². The molecule has 0 aliphatic carbocycles. The zero-order valence-corrected chi connectivity index (χ0v) is 21.6. The third kappa shape index (κ3) is 6.19. The molecule has 35 heavy (non-hydrogen) atoms.